The van der Waals surface area contributed by atoms with E-state index in [2.05, 4.69) is 0 Å². The van der Waals surface area contributed by atoms with Gasteiger partial charge in [-0.05, 0) is 12.1 Å². The first kappa shape index (κ1) is 9.91. The van der Waals surface area contributed by atoms with E-state index in [0.29, 0.717) is 5.02 Å². The minimum absolute atomic E-state index is 0. The van der Waals surface area contributed by atoms with Gasteiger partial charge in [-0.2, -0.15) is 0 Å². The predicted octanol–water partition coefficient (Wildman–Crippen LogP) is 1.70. The van der Waals surface area contributed by atoms with Gasteiger partial charge in [0.05, 0.1) is 12.1 Å². The number of ether oxygens (including phenoxy) is 1. The second-order valence-electron chi connectivity index (χ2n) is 1.63. The first-order chi connectivity index (χ1) is 4.34. The van der Waals surface area contributed by atoms with Crippen LogP contribution in [0, 0.1) is 0 Å². The molecular weight excluding hydrogens is 142 g/mol. The van der Waals surface area contributed by atoms with Crippen LogP contribution < -0.4 is 4.74 Å². The molecule has 0 saturated carbocycles. The Hall–Kier alpha value is -0.0926. The molecule has 0 heterocycles. The summed E-state index contributed by atoms with van der Waals surface area (Å²) in [5.74, 6) is 0.721. The standard InChI is InChI=1S/C7H7ClO.Li.H/c1-9-7-5-3-2-4-6(7)8;;/h2-5H,1H3;;. The average molecular weight is 151 g/mol. The topological polar surface area (TPSA) is 9.23 Å². The third kappa shape index (κ3) is 2.26. The van der Waals surface area contributed by atoms with E-state index in [1.807, 2.05) is 18.2 Å². The normalized spacial score (nSPS) is 8.20. The molecule has 0 aliphatic heterocycles. The van der Waals surface area contributed by atoms with Crippen LogP contribution in [0.25, 0.3) is 0 Å². The van der Waals surface area contributed by atoms with Crippen LogP contribution in [0.15, 0.2) is 24.3 Å². The fourth-order valence-electron chi connectivity index (χ4n) is 0.610. The molecule has 3 heteroatoms. The summed E-state index contributed by atoms with van der Waals surface area (Å²) < 4.78 is 4.91. The molecule has 0 aromatic heterocycles. The van der Waals surface area contributed by atoms with Gasteiger partial charge >= 0.3 is 18.9 Å². The van der Waals surface area contributed by atoms with Crippen molar-refractivity contribution in [3.8, 4) is 5.75 Å². The van der Waals surface area contributed by atoms with E-state index in [9.17, 15) is 0 Å². The Kier molecular flexibility index (Phi) is 4.64. The molecule has 0 bridgehead atoms. The van der Waals surface area contributed by atoms with Crippen molar-refractivity contribution in [3.63, 3.8) is 0 Å². The molecule has 0 spiro atoms. The van der Waals surface area contributed by atoms with Crippen molar-refractivity contribution in [2.24, 2.45) is 0 Å². The zero-order chi connectivity index (χ0) is 6.69. The van der Waals surface area contributed by atoms with E-state index in [1.54, 1.807) is 13.2 Å². The van der Waals surface area contributed by atoms with E-state index in [1.165, 1.54) is 0 Å². The molecule has 0 aliphatic rings. The van der Waals surface area contributed by atoms with Gasteiger partial charge in [0.2, 0.25) is 0 Å². The molecule has 10 heavy (non-hydrogen) atoms. The zero-order valence-corrected chi connectivity index (χ0v) is 5.85. The van der Waals surface area contributed by atoms with Crippen LogP contribution in [-0.4, -0.2) is 26.0 Å². The molecule has 0 amide bonds. The monoisotopic (exact) mass is 150 g/mol. The molecule has 0 radical (unpaired) electrons. The Morgan fingerprint density at radius 2 is 1.90 bits per heavy atom. The van der Waals surface area contributed by atoms with Crippen LogP contribution >= 0.6 is 11.6 Å². The number of methoxy groups -OCH3 is 1. The number of benzene rings is 1. The van der Waals surface area contributed by atoms with Crippen molar-refractivity contribution >= 4 is 30.5 Å². The fraction of sp³-hybridized carbons (Fsp3) is 0.143. The number of hydrogen-bond acceptors (Lipinski definition) is 1. The Morgan fingerprint density at radius 3 is 2.30 bits per heavy atom. The summed E-state index contributed by atoms with van der Waals surface area (Å²) in [5.41, 5.74) is 0. The number of rotatable bonds is 1. The van der Waals surface area contributed by atoms with E-state index in [0.717, 1.165) is 5.75 Å². The quantitative estimate of drug-likeness (QED) is 0.554. The second-order valence-corrected chi connectivity index (χ2v) is 2.04. The van der Waals surface area contributed by atoms with Crippen molar-refractivity contribution in [1.29, 1.82) is 0 Å². The van der Waals surface area contributed by atoms with E-state index in [4.69, 9.17) is 16.3 Å². The average Bonchev–Trinajstić information content (AvgIpc) is 1.89. The van der Waals surface area contributed by atoms with Crippen molar-refractivity contribution in [2.45, 2.75) is 0 Å². The van der Waals surface area contributed by atoms with Crippen LogP contribution in [0.4, 0.5) is 0 Å². The first-order valence-electron chi connectivity index (χ1n) is 2.63. The molecule has 1 aromatic rings. The van der Waals surface area contributed by atoms with E-state index in [-0.39, 0.29) is 18.9 Å². The third-order valence-electron chi connectivity index (χ3n) is 1.06. The van der Waals surface area contributed by atoms with E-state index < -0.39 is 0 Å². The summed E-state index contributed by atoms with van der Waals surface area (Å²) in [7, 11) is 1.60. The van der Waals surface area contributed by atoms with Crippen molar-refractivity contribution in [1.82, 2.24) is 0 Å². The maximum atomic E-state index is 5.70. The Balaban J connectivity index is 0.000000810. The molecule has 50 valence electrons. The van der Waals surface area contributed by atoms with Gasteiger partial charge in [0.15, 0.2) is 0 Å². The van der Waals surface area contributed by atoms with E-state index >= 15 is 0 Å². The molecule has 1 aromatic carbocycles. The number of halogens is 1. The van der Waals surface area contributed by atoms with Crippen LogP contribution in [0.1, 0.15) is 0 Å². The van der Waals surface area contributed by atoms with Crippen molar-refractivity contribution < 1.29 is 4.74 Å². The molecule has 1 rings (SSSR count). The molecule has 1 nitrogen and oxygen atoms in total. The number of para-hydroxylation sites is 1. The van der Waals surface area contributed by atoms with Gasteiger partial charge in [-0.15, -0.1) is 0 Å². The second kappa shape index (κ2) is 4.68. The van der Waals surface area contributed by atoms with Gasteiger partial charge in [-0.25, -0.2) is 0 Å². The maximum absolute atomic E-state index is 5.70. The number of hydrogen-bond donors (Lipinski definition) is 0. The summed E-state index contributed by atoms with van der Waals surface area (Å²) in [4.78, 5) is 0. The third-order valence-corrected chi connectivity index (χ3v) is 1.37. The van der Waals surface area contributed by atoms with Crippen LogP contribution in [0.5, 0.6) is 5.75 Å². The zero-order valence-electron chi connectivity index (χ0n) is 5.10. The van der Waals surface area contributed by atoms with Gasteiger partial charge in [-0.3, -0.25) is 0 Å². The van der Waals surface area contributed by atoms with Crippen molar-refractivity contribution in [3.05, 3.63) is 29.3 Å². The molecular formula is C7H8ClLiO. The van der Waals surface area contributed by atoms with Gasteiger partial charge in [0, 0.05) is 0 Å². The van der Waals surface area contributed by atoms with Crippen LogP contribution in [0.2, 0.25) is 5.02 Å². The van der Waals surface area contributed by atoms with Gasteiger partial charge in [-0.1, -0.05) is 23.7 Å². The summed E-state index contributed by atoms with van der Waals surface area (Å²) >= 11 is 5.70. The minimum atomic E-state index is 0. The Morgan fingerprint density at radius 1 is 1.30 bits per heavy atom. The van der Waals surface area contributed by atoms with Gasteiger partial charge in [0.25, 0.3) is 0 Å². The van der Waals surface area contributed by atoms with Crippen LogP contribution in [-0.2, 0) is 0 Å². The molecule has 0 unspecified atom stereocenters. The molecule has 0 N–H and O–H groups in total. The predicted molar refractivity (Wildman–Crippen MR) is 45.2 cm³/mol. The fourth-order valence-corrected chi connectivity index (χ4v) is 0.823. The molecule has 0 saturated heterocycles. The van der Waals surface area contributed by atoms with Gasteiger partial charge in [0.1, 0.15) is 5.75 Å². The summed E-state index contributed by atoms with van der Waals surface area (Å²) in [6, 6.07) is 7.36. The van der Waals surface area contributed by atoms with Gasteiger partial charge < -0.3 is 4.74 Å². The van der Waals surface area contributed by atoms with Crippen LogP contribution in [0.3, 0.4) is 0 Å². The Bertz CT molecular complexity index is 203. The summed E-state index contributed by atoms with van der Waals surface area (Å²) in [6.07, 6.45) is 0. The summed E-state index contributed by atoms with van der Waals surface area (Å²) in [6.45, 7) is 0. The summed E-state index contributed by atoms with van der Waals surface area (Å²) in [5, 5.41) is 0.653. The SMILES string of the molecule is COc1ccccc1Cl.[LiH]. The molecule has 0 fully saturated rings. The molecule has 0 atom stereocenters. The van der Waals surface area contributed by atoms with Crippen molar-refractivity contribution in [2.75, 3.05) is 7.11 Å². The first-order valence-corrected chi connectivity index (χ1v) is 3.01. The Labute approximate surface area is 77.5 Å². The molecule has 0 aliphatic carbocycles.